The number of amides is 2. The molecule has 1 aliphatic carbocycles. The summed E-state index contributed by atoms with van der Waals surface area (Å²) in [5.74, 6) is 0.245. The first-order valence-electron chi connectivity index (χ1n) is 7.17. The Morgan fingerprint density at radius 1 is 1.05 bits per heavy atom. The van der Waals surface area contributed by atoms with Crippen LogP contribution >= 0.6 is 12.4 Å². The fourth-order valence-electron chi connectivity index (χ4n) is 2.40. The van der Waals surface area contributed by atoms with Gasteiger partial charge in [0, 0.05) is 17.3 Å². The molecule has 0 spiro atoms. The Hall–Kier alpha value is -1.59. The summed E-state index contributed by atoms with van der Waals surface area (Å²) < 4.78 is 0. The molecule has 5 nitrogen and oxygen atoms in total. The average Bonchev–Trinajstić information content (AvgIpc) is 3.14. The maximum atomic E-state index is 12.0. The van der Waals surface area contributed by atoms with Crippen LogP contribution in [0.2, 0.25) is 0 Å². The topological polar surface area (TPSA) is 70.2 Å². The van der Waals surface area contributed by atoms with Crippen molar-refractivity contribution < 1.29 is 9.59 Å². The molecule has 1 aliphatic heterocycles. The second-order valence-electron chi connectivity index (χ2n) is 5.48. The van der Waals surface area contributed by atoms with Crippen LogP contribution in [0.5, 0.6) is 0 Å². The lowest BCUT2D eigenvalue weighted by molar-refractivity contribution is -0.118. The molecule has 0 bridgehead atoms. The van der Waals surface area contributed by atoms with Gasteiger partial charge in [-0.2, -0.15) is 0 Å². The predicted molar refractivity (Wildman–Crippen MR) is 84.7 cm³/mol. The normalized spacial score (nSPS) is 20.5. The van der Waals surface area contributed by atoms with Gasteiger partial charge in [-0.3, -0.25) is 9.59 Å². The fourth-order valence-corrected chi connectivity index (χ4v) is 2.40. The van der Waals surface area contributed by atoms with E-state index < -0.39 is 0 Å². The van der Waals surface area contributed by atoms with E-state index in [9.17, 15) is 9.59 Å². The molecule has 6 heteroatoms. The van der Waals surface area contributed by atoms with Gasteiger partial charge < -0.3 is 16.0 Å². The molecule has 1 atom stereocenters. The van der Waals surface area contributed by atoms with Crippen LogP contribution in [-0.4, -0.2) is 24.4 Å². The maximum Gasteiger partial charge on any atom is 0.241 e. The van der Waals surface area contributed by atoms with E-state index in [1.165, 1.54) is 0 Å². The van der Waals surface area contributed by atoms with Crippen molar-refractivity contribution in [2.45, 2.75) is 31.7 Å². The number of anilines is 2. The standard InChI is InChI=1S/C15H19N3O2.ClH/c19-14(10-6-7-10)17-11-3-1-4-12(9-11)18-15(20)13-5-2-8-16-13;/h1,3-4,9-10,13,16H,2,5-8H2,(H,17,19)(H,18,20);1H/t13-;/m0./s1. The summed E-state index contributed by atoms with van der Waals surface area (Å²) in [6.07, 6.45) is 3.88. The second kappa shape index (κ2) is 6.91. The van der Waals surface area contributed by atoms with Crippen LogP contribution in [0.25, 0.3) is 0 Å². The van der Waals surface area contributed by atoms with Gasteiger partial charge in [-0.25, -0.2) is 0 Å². The summed E-state index contributed by atoms with van der Waals surface area (Å²) in [4.78, 5) is 23.7. The molecular formula is C15H20ClN3O2. The summed E-state index contributed by atoms with van der Waals surface area (Å²) in [5.41, 5.74) is 1.45. The van der Waals surface area contributed by atoms with Crippen LogP contribution < -0.4 is 16.0 Å². The number of hydrogen-bond donors (Lipinski definition) is 3. The minimum Gasteiger partial charge on any atom is -0.326 e. The van der Waals surface area contributed by atoms with Gasteiger partial charge in [0.1, 0.15) is 0 Å². The van der Waals surface area contributed by atoms with Gasteiger partial charge in [-0.15, -0.1) is 12.4 Å². The van der Waals surface area contributed by atoms with Gasteiger partial charge in [-0.1, -0.05) is 6.07 Å². The third-order valence-electron chi connectivity index (χ3n) is 3.72. The smallest absolute Gasteiger partial charge is 0.241 e. The molecule has 2 aliphatic rings. The minimum atomic E-state index is -0.0975. The Bertz CT molecular complexity index is 525. The summed E-state index contributed by atoms with van der Waals surface area (Å²) >= 11 is 0. The Labute approximate surface area is 130 Å². The fraction of sp³-hybridized carbons (Fsp3) is 0.467. The molecule has 1 saturated carbocycles. The van der Waals surface area contributed by atoms with Gasteiger partial charge in [-0.05, 0) is 50.4 Å². The van der Waals surface area contributed by atoms with Crippen LogP contribution in [0.4, 0.5) is 11.4 Å². The molecule has 1 aromatic carbocycles. The van der Waals surface area contributed by atoms with Crippen molar-refractivity contribution in [3.05, 3.63) is 24.3 Å². The monoisotopic (exact) mass is 309 g/mol. The Balaban J connectivity index is 0.00000161. The highest BCUT2D eigenvalue weighted by molar-refractivity contribution is 5.97. The third-order valence-corrected chi connectivity index (χ3v) is 3.72. The van der Waals surface area contributed by atoms with Crippen molar-refractivity contribution in [2.75, 3.05) is 17.2 Å². The Morgan fingerprint density at radius 2 is 1.71 bits per heavy atom. The number of carbonyl (C=O) groups is 2. The van der Waals surface area contributed by atoms with Crippen LogP contribution in [0.15, 0.2) is 24.3 Å². The van der Waals surface area contributed by atoms with E-state index in [0.29, 0.717) is 0 Å². The average molecular weight is 310 g/mol. The van der Waals surface area contributed by atoms with Gasteiger partial charge in [0.2, 0.25) is 11.8 Å². The summed E-state index contributed by atoms with van der Waals surface area (Å²) in [7, 11) is 0. The number of rotatable bonds is 4. The lowest BCUT2D eigenvalue weighted by atomic mass is 10.2. The molecule has 1 heterocycles. The molecule has 0 radical (unpaired) electrons. The SMILES string of the molecule is Cl.O=C(Nc1cccc(NC(=O)[C@@H]2CCCN2)c1)C1CC1. The molecule has 114 valence electrons. The van der Waals surface area contributed by atoms with E-state index in [2.05, 4.69) is 16.0 Å². The van der Waals surface area contributed by atoms with Gasteiger partial charge >= 0.3 is 0 Å². The van der Waals surface area contributed by atoms with Crippen molar-refractivity contribution in [3.63, 3.8) is 0 Å². The molecule has 0 unspecified atom stereocenters. The Morgan fingerprint density at radius 3 is 2.29 bits per heavy atom. The van der Waals surface area contributed by atoms with E-state index in [4.69, 9.17) is 0 Å². The molecule has 1 aromatic rings. The molecule has 0 aromatic heterocycles. The molecule has 21 heavy (non-hydrogen) atoms. The molecule has 3 N–H and O–H groups in total. The molecule has 2 amide bonds. The van der Waals surface area contributed by atoms with E-state index in [-0.39, 0.29) is 36.2 Å². The zero-order chi connectivity index (χ0) is 13.9. The lowest BCUT2D eigenvalue weighted by Gasteiger charge is -2.12. The molecule has 3 rings (SSSR count). The lowest BCUT2D eigenvalue weighted by Crippen LogP contribution is -2.35. The minimum absolute atomic E-state index is 0. The summed E-state index contributed by atoms with van der Waals surface area (Å²) in [6.45, 7) is 0.898. The zero-order valence-corrected chi connectivity index (χ0v) is 12.5. The highest BCUT2D eigenvalue weighted by atomic mass is 35.5. The van der Waals surface area contributed by atoms with Gasteiger partial charge in [0.25, 0.3) is 0 Å². The molecule has 1 saturated heterocycles. The van der Waals surface area contributed by atoms with E-state index in [0.717, 1.165) is 43.6 Å². The van der Waals surface area contributed by atoms with Crippen LogP contribution in [0, 0.1) is 5.92 Å². The van der Waals surface area contributed by atoms with Crippen molar-refractivity contribution in [1.82, 2.24) is 5.32 Å². The summed E-state index contributed by atoms with van der Waals surface area (Å²) in [6, 6.07) is 7.20. The predicted octanol–water partition coefficient (Wildman–Crippen LogP) is 2.15. The number of hydrogen-bond acceptors (Lipinski definition) is 3. The zero-order valence-electron chi connectivity index (χ0n) is 11.7. The first-order chi connectivity index (χ1) is 9.72. The largest absolute Gasteiger partial charge is 0.326 e. The van der Waals surface area contributed by atoms with Gasteiger partial charge in [0.05, 0.1) is 6.04 Å². The van der Waals surface area contributed by atoms with Gasteiger partial charge in [0.15, 0.2) is 0 Å². The van der Waals surface area contributed by atoms with E-state index in [1.807, 2.05) is 18.2 Å². The number of benzene rings is 1. The Kier molecular flexibility index (Phi) is 5.20. The van der Waals surface area contributed by atoms with Crippen molar-refractivity contribution in [3.8, 4) is 0 Å². The quantitative estimate of drug-likeness (QED) is 0.798. The van der Waals surface area contributed by atoms with Crippen molar-refractivity contribution in [1.29, 1.82) is 0 Å². The number of nitrogens with one attached hydrogen (secondary N) is 3. The second-order valence-corrected chi connectivity index (χ2v) is 5.48. The van der Waals surface area contributed by atoms with Crippen LogP contribution in [0.3, 0.4) is 0 Å². The van der Waals surface area contributed by atoms with Crippen LogP contribution in [-0.2, 0) is 9.59 Å². The van der Waals surface area contributed by atoms with E-state index >= 15 is 0 Å². The highest BCUT2D eigenvalue weighted by Crippen LogP contribution is 2.30. The first-order valence-corrected chi connectivity index (χ1v) is 7.17. The number of carbonyl (C=O) groups excluding carboxylic acids is 2. The molecule has 2 fully saturated rings. The molecular weight excluding hydrogens is 290 g/mol. The third kappa shape index (κ3) is 4.19. The first kappa shape index (κ1) is 15.8. The maximum absolute atomic E-state index is 12.0. The van der Waals surface area contributed by atoms with E-state index in [1.54, 1.807) is 6.07 Å². The van der Waals surface area contributed by atoms with Crippen molar-refractivity contribution in [2.24, 2.45) is 5.92 Å². The van der Waals surface area contributed by atoms with Crippen LogP contribution in [0.1, 0.15) is 25.7 Å². The summed E-state index contributed by atoms with van der Waals surface area (Å²) in [5, 5.41) is 8.94. The number of halogens is 1. The van der Waals surface area contributed by atoms with Crippen molar-refractivity contribution >= 4 is 35.6 Å². The highest BCUT2D eigenvalue weighted by Gasteiger charge is 2.29.